The first-order valence-corrected chi connectivity index (χ1v) is 4.02. The zero-order valence-electron chi connectivity index (χ0n) is 6.96. The maximum absolute atomic E-state index is 9.76. The average Bonchev–Trinajstić information content (AvgIpc) is 2.71. The SMILES string of the molecule is OC(c1ccccc1)n1cc[c]n1. The van der Waals surface area contributed by atoms with Gasteiger partial charge in [0.1, 0.15) is 6.20 Å². The van der Waals surface area contributed by atoms with Gasteiger partial charge in [0.25, 0.3) is 0 Å². The maximum Gasteiger partial charge on any atom is 0.173 e. The van der Waals surface area contributed by atoms with Crippen LogP contribution in [0.3, 0.4) is 0 Å². The summed E-state index contributed by atoms with van der Waals surface area (Å²) in [5.74, 6) is 0. The normalized spacial score (nSPS) is 12.7. The Morgan fingerprint density at radius 3 is 2.69 bits per heavy atom. The molecule has 0 amide bonds. The van der Waals surface area contributed by atoms with Crippen LogP contribution >= 0.6 is 0 Å². The fourth-order valence-electron chi connectivity index (χ4n) is 1.16. The third-order valence-electron chi connectivity index (χ3n) is 1.82. The molecule has 1 unspecified atom stereocenters. The van der Waals surface area contributed by atoms with Crippen LogP contribution in [0.25, 0.3) is 0 Å². The highest BCUT2D eigenvalue weighted by Gasteiger charge is 2.07. The van der Waals surface area contributed by atoms with Crippen molar-refractivity contribution in [2.45, 2.75) is 6.23 Å². The van der Waals surface area contributed by atoms with Gasteiger partial charge in [0.15, 0.2) is 6.23 Å². The molecular formula is C10H9N2O. The summed E-state index contributed by atoms with van der Waals surface area (Å²) >= 11 is 0. The molecule has 13 heavy (non-hydrogen) atoms. The van der Waals surface area contributed by atoms with Crippen LogP contribution in [0.15, 0.2) is 42.6 Å². The van der Waals surface area contributed by atoms with Crippen molar-refractivity contribution in [1.82, 2.24) is 9.78 Å². The maximum atomic E-state index is 9.76. The van der Waals surface area contributed by atoms with E-state index in [1.807, 2.05) is 30.3 Å². The number of hydrogen-bond acceptors (Lipinski definition) is 2. The average molecular weight is 173 g/mol. The van der Waals surface area contributed by atoms with E-state index in [0.29, 0.717) is 0 Å². The van der Waals surface area contributed by atoms with Gasteiger partial charge in [0, 0.05) is 11.8 Å². The van der Waals surface area contributed by atoms with E-state index < -0.39 is 6.23 Å². The molecule has 0 saturated heterocycles. The van der Waals surface area contributed by atoms with Crippen LogP contribution < -0.4 is 0 Å². The zero-order chi connectivity index (χ0) is 9.10. The second-order valence-electron chi connectivity index (χ2n) is 2.71. The van der Waals surface area contributed by atoms with Crippen LogP contribution in [0.1, 0.15) is 11.8 Å². The van der Waals surface area contributed by atoms with Gasteiger partial charge in [0.05, 0.1) is 0 Å². The summed E-state index contributed by atoms with van der Waals surface area (Å²) in [4.78, 5) is 0. The van der Waals surface area contributed by atoms with Gasteiger partial charge in [-0.05, 0) is 6.07 Å². The number of aliphatic hydroxyl groups excluding tert-OH is 1. The molecule has 1 heterocycles. The van der Waals surface area contributed by atoms with Gasteiger partial charge in [-0.15, -0.1) is 0 Å². The Morgan fingerprint density at radius 2 is 2.08 bits per heavy atom. The minimum Gasteiger partial charge on any atom is -0.368 e. The van der Waals surface area contributed by atoms with Gasteiger partial charge < -0.3 is 5.11 Å². The molecule has 1 aromatic heterocycles. The number of benzene rings is 1. The van der Waals surface area contributed by atoms with Crippen LogP contribution in [0.5, 0.6) is 0 Å². The van der Waals surface area contributed by atoms with Gasteiger partial charge >= 0.3 is 0 Å². The molecule has 0 spiro atoms. The molecule has 1 N–H and O–H groups in total. The third-order valence-corrected chi connectivity index (χ3v) is 1.82. The molecule has 2 rings (SSSR count). The topological polar surface area (TPSA) is 38.0 Å². The predicted octanol–water partition coefficient (Wildman–Crippen LogP) is 1.22. The third kappa shape index (κ3) is 1.60. The minimum atomic E-state index is -0.715. The summed E-state index contributed by atoms with van der Waals surface area (Å²) in [6.07, 6.45) is 3.60. The highest BCUT2D eigenvalue weighted by Crippen LogP contribution is 2.12. The molecule has 1 atom stereocenters. The summed E-state index contributed by atoms with van der Waals surface area (Å²) in [6.45, 7) is 0. The second kappa shape index (κ2) is 3.41. The molecular weight excluding hydrogens is 164 g/mol. The molecule has 1 radical (unpaired) electrons. The Balaban J connectivity index is 2.29. The Hall–Kier alpha value is -1.61. The lowest BCUT2D eigenvalue weighted by atomic mass is 10.2. The number of rotatable bonds is 2. The number of aromatic nitrogens is 2. The fourth-order valence-corrected chi connectivity index (χ4v) is 1.16. The molecule has 2 aromatic rings. The van der Waals surface area contributed by atoms with Crippen molar-refractivity contribution in [2.75, 3.05) is 0 Å². The van der Waals surface area contributed by atoms with Crippen LogP contribution in [0, 0.1) is 6.20 Å². The Labute approximate surface area is 76.3 Å². The molecule has 0 aliphatic rings. The van der Waals surface area contributed by atoms with Crippen LogP contribution in [-0.2, 0) is 0 Å². The van der Waals surface area contributed by atoms with E-state index in [9.17, 15) is 5.11 Å². The summed E-state index contributed by atoms with van der Waals surface area (Å²) < 4.78 is 1.45. The summed E-state index contributed by atoms with van der Waals surface area (Å²) in [5, 5.41) is 13.6. The van der Waals surface area contributed by atoms with Gasteiger partial charge in [-0.2, -0.15) is 5.10 Å². The van der Waals surface area contributed by atoms with E-state index in [-0.39, 0.29) is 0 Å². The Bertz CT molecular complexity index is 356. The minimum absolute atomic E-state index is 0.715. The molecule has 0 saturated carbocycles. The van der Waals surface area contributed by atoms with Crippen molar-refractivity contribution in [1.29, 1.82) is 0 Å². The first kappa shape index (κ1) is 8.01. The monoisotopic (exact) mass is 173 g/mol. The van der Waals surface area contributed by atoms with E-state index in [1.54, 1.807) is 12.3 Å². The highest BCUT2D eigenvalue weighted by atomic mass is 16.3. The molecule has 3 heteroatoms. The zero-order valence-corrected chi connectivity index (χ0v) is 6.96. The molecule has 65 valence electrons. The Morgan fingerprint density at radius 1 is 1.31 bits per heavy atom. The molecule has 1 aromatic carbocycles. The lowest BCUT2D eigenvalue weighted by molar-refractivity contribution is 0.132. The van der Waals surface area contributed by atoms with Crippen molar-refractivity contribution >= 4 is 0 Å². The Kier molecular flexibility index (Phi) is 2.10. The van der Waals surface area contributed by atoms with Crippen molar-refractivity contribution in [3.8, 4) is 0 Å². The first-order valence-electron chi connectivity index (χ1n) is 4.02. The van der Waals surface area contributed by atoms with E-state index in [0.717, 1.165) is 5.56 Å². The molecule has 0 bridgehead atoms. The van der Waals surface area contributed by atoms with E-state index in [1.165, 1.54) is 4.68 Å². The van der Waals surface area contributed by atoms with E-state index in [4.69, 9.17) is 0 Å². The summed E-state index contributed by atoms with van der Waals surface area (Å²) in [5.41, 5.74) is 0.819. The second-order valence-corrected chi connectivity index (χ2v) is 2.71. The van der Waals surface area contributed by atoms with E-state index in [2.05, 4.69) is 11.3 Å². The van der Waals surface area contributed by atoms with Crippen molar-refractivity contribution in [3.63, 3.8) is 0 Å². The van der Waals surface area contributed by atoms with Crippen LogP contribution in [0.2, 0.25) is 0 Å². The number of hydrogen-bond donors (Lipinski definition) is 1. The smallest absolute Gasteiger partial charge is 0.173 e. The van der Waals surface area contributed by atoms with Crippen LogP contribution in [-0.4, -0.2) is 14.9 Å². The van der Waals surface area contributed by atoms with Crippen molar-refractivity contribution in [2.24, 2.45) is 0 Å². The lowest BCUT2D eigenvalue weighted by Crippen LogP contribution is -2.09. The fraction of sp³-hybridized carbons (Fsp3) is 0.100. The molecule has 0 aliphatic heterocycles. The van der Waals surface area contributed by atoms with Crippen molar-refractivity contribution < 1.29 is 5.11 Å². The first-order chi connectivity index (χ1) is 6.38. The van der Waals surface area contributed by atoms with Gasteiger partial charge in [-0.25, -0.2) is 4.68 Å². The summed E-state index contributed by atoms with van der Waals surface area (Å²) in [6, 6.07) is 11.0. The van der Waals surface area contributed by atoms with Gasteiger partial charge in [0.2, 0.25) is 0 Å². The number of aliphatic hydroxyl groups is 1. The van der Waals surface area contributed by atoms with Crippen LogP contribution in [0.4, 0.5) is 0 Å². The molecule has 0 aliphatic carbocycles. The predicted molar refractivity (Wildman–Crippen MR) is 47.9 cm³/mol. The standard InChI is InChI=1S/C10H9N2O/c13-10(12-8-4-7-11-12)9-5-2-1-3-6-9/h1-6,8,10,13H. The highest BCUT2D eigenvalue weighted by molar-refractivity contribution is 5.17. The number of nitrogens with zero attached hydrogens (tertiary/aromatic N) is 2. The lowest BCUT2D eigenvalue weighted by Gasteiger charge is -2.10. The molecule has 3 nitrogen and oxygen atoms in total. The molecule has 0 fully saturated rings. The largest absolute Gasteiger partial charge is 0.368 e. The van der Waals surface area contributed by atoms with Crippen molar-refractivity contribution in [3.05, 3.63) is 54.4 Å². The van der Waals surface area contributed by atoms with Gasteiger partial charge in [-0.1, -0.05) is 30.3 Å². The van der Waals surface area contributed by atoms with E-state index >= 15 is 0 Å². The summed E-state index contributed by atoms with van der Waals surface area (Å²) in [7, 11) is 0. The quantitative estimate of drug-likeness (QED) is 0.741. The van der Waals surface area contributed by atoms with Gasteiger partial charge in [-0.3, -0.25) is 0 Å².